The van der Waals surface area contributed by atoms with E-state index >= 15 is 0 Å². The van der Waals surface area contributed by atoms with E-state index in [1.54, 1.807) is 0 Å². The molecule has 3 aromatic carbocycles. The van der Waals surface area contributed by atoms with Crippen molar-refractivity contribution in [1.29, 1.82) is 0 Å². The van der Waals surface area contributed by atoms with Gasteiger partial charge in [0.15, 0.2) is 0 Å². The first-order valence-electron chi connectivity index (χ1n) is 7.41. The van der Waals surface area contributed by atoms with Crippen LogP contribution in [0.4, 0.5) is 0 Å². The van der Waals surface area contributed by atoms with Crippen LogP contribution in [0.5, 0.6) is 0 Å². The molecule has 0 aliphatic carbocycles. The van der Waals surface area contributed by atoms with Gasteiger partial charge in [0, 0.05) is 6.54 Å². The van der Waals surface area contributed by atoms with Gasteiger partial charge in [-0.25, -0.2) is 0 Å². The first-order valence-corrected chi connectivity index (χ1v) is 11.9. The van der Waals surface area contributed by atoms with E-state index in [4.69, 9.17) is 19.4 Å². The summed E-state index contributed by atoms with van der Waals surface area (Å²) in [5, 5.41) is 5.23. The summed E-state index contributed by atoms with van der Waals surface area (Å²) < 4.78 is 0. The van der Waals surface area contributed by atoms with Gasteiger partial charge in [0.25, 0.3) is 0 Å². The summed E-state index contributed by atoms with van der Waals surface area (Å²) in [6.45, 7) is 4.12. The van der Waals surface area contributed by atoms with Crippen molar-refractivity contribution in [2.45, 2.75) is 6.54 Å². The summed E-state index contributed by atoms with van der Waals surface area (Å²) in [6.07, 6.45) is 4.09. The van der Waals surface area contributed by atoms with Crippen LogP contribution in [0.25, 0.3) is 21.5 Å². The predicted octanol–water partition coefficient (Wildman–Crippen LogP) is 5.58. The van der Waals surface area contributed by atoms with Crippen molar-refractivity contribution in [2.24, 2.45) is 0 Å². The Morgan fingerprint density at radius 3 is 1.96 bits per heavy atom. The third-order valence-corrected chi connectivity index (χ3v) is 3.97. The second-order valence-corrected chi connectivity index (χ2v) is 8.12. The number of nitrogens with zero attached hydrogens (tertiary/aromatic N) is 2. The molecular weight excluding hydrogens is 428 g/mol. The Labute approximate surface area is 158 Å². The van der Waals surface area contributed by atoms with Gasteiger partial charge in [-0.1, -0.05) is 48.5 Å². The average molecular weight is 444 g/mol. The molecule has 3 aromatic rings. The molecule has 0 fully saturated rings. The summed E-state index contributed by atoms with van der Waals surface area (Å²) in [7, 11) is 11.7. The Morgan fingerprint density at radius 1 is 0.917 bits per heavy atom. The summed E-state index contributed by atoms with van der Waals surface area (Å²) in [6, 6.07) is 19.5. The Morgan fingerprint density at radius 2 is 1.46 bits per heavy atom. The van der Waals surface area contributed by atoms with Crippen molar-refractivity contribution >= 4 is 40.9 Å². The summed E-state index contributed by atoms with van der Waals surface area (Å²) in [5.41, 5.74) is 1.36. The van der Waals surface area contributed by atoms with Gasteiger partial charge < -0.3 is 9.80 Å². The van der Waals surface area contributed by atoms with E-state index < -0.39 is 0 Å². The van der Waals surface area contributed by atoms with Crippen LogP contribution in [0.2, 0.25) is 0 Å². The van der Waals surface area contributed by atoms with Crippen molar-refractivity contribution in [3.8, 4) is 0 Å². The maximum absolute atomic E-state index is 4.85. The Balaban J connectivity index is 0.000000526. The number of hydrogen-bond donors (Lipinski definition) is 0. The van der Waals surface area contributed by atoms with Crippen LogP contribution in [0.15, 0.2) is 67.0 Å². The molecule has 0 saturated heterocycles. The maximum atomic E-state index is 4.85. The molecule has 1 aliphatic heterocycles. The molecule has 0 unspecified atom stereocenters. The third-order valence-electron chi connectivity index (χ3n) is 3.97. The van der Waals surface area contributed by atoms with Crippen LogP contribution in [-0.4, -0.2) is 16.8 Å². The van der Waals surface area contributed by atoms with Gasteiger partial charge in [-0.15, -0.1) is 0 Å². The van der Waals surface area contributed by atoms with E-state index in [0.717, 1.165) is 6.54 Å². The van der Waals surface area contributed by atoms with Gasteiger partial charge >= 0.3 is 34.5 Å². The molecule has 0 spiro atoms. The number of halogens is 2. The molecule has 0 bridgehead atoms. The summed E-state index contributed by atoms with van der Waals surface area (Å²) in [5.74, 6) is 0. The number of benzene rings is 3. The molecule has 0 saturated carbocycles. The Bertz CT molecular complexity index is 812. The predicted molar refractivity (Wildman–Crippen MR) is 98.8 cm³/mol. The molecule has 2 nitrogen and oxygen atoms in total. The standard InChI is InChI=1S/C19H16N2.2ClH.Ru/c1-20-10-11-21(14-20)13-19-17-8-4-2-6-15(17)12-16-7-3-5-9-18(16)19;;;/h2-12H,13H2,1H3;2*1H;/q-1;;;+2/p-2. The molecule has 125 valence electrons. The first kappa shape index (κ1) is 17.5. The zero-order valence-corrected chi connectivity index (χ0v) is 16.3. The van der Waals surface area contributed by atoms with Crippen molar-refractivity contribution < 1.29 is 15.1 Å². The van der Waals surface area contributed by atoms with Crippen LogP contribution < -0.4 is 0 Å². The van der Waals surface area contributed by atoms with Crippen molar-refractivity contribution in [2.75, 3.05) is 7.05 Å². The molecule has 0 atom stereocenters. The fourth-order valence-electron chi connectivity index (χ4n) is 2.99. The van der Waals surface area contributed by atoms with Crippen LogP contribution in [-0.2, 0) is 21.7 Å². The number of fused-ring (bicyclic) bond motifs is 2. The molecule has 4 rings (SSSR count). The van der Waals surface area contributed by atoms with Gasteiger partial charge in [-0.3, -0.25) is 6.67 Å². The van der Waals surface area contributed by atoms with E-state index in [2.05, 4.69) is 72.4 Å². The quantitative estimate of drug-likeness (QED) is 0.289. The topological polar surface area (TPSA) is 6.48 Å². The molecule has 1 radical (unpaired) electrons. The van der Waals surface area contributed by atoms with Crippen molar-refractivity contribution in [3.63, 3.8) is 0 Å². The van der Waals surface area contributed by atoms with E-state index in [0.29, 0.717) is 0 Å². The van der Waals surface area contributed by atoms with Gasteiger partial charge in [0.2, 0.25) is 0 Å². The van der Waals surface area contributed by atoms with Gasteiger partial charge in [0.05, 0.1) is 0 Å². The zero-order valence-electron chi connectivity index (χ0n) is 13.1. The second-order valence-electron chi connectivity index (χ2n) is 5.48. The van der Waals surface area contributed by atoms with Crippen LogP contribution in [0.1, 0.15) is 5.56 Å². The zero-order chi connectivity index (χ0) is 16.9. The van der Waals surface area contributed by atoms with Crippen LogP contribution >= 0.6 is 19.4 Å². The molecule has 1 aliphatic rings. The van der Waals surface area contributed by atoms with E-state index in [1.165, 1.54) is 27.1 Å². The second kappa shape index (κ2) is 8.20. The van der Waals surface area contributed by atoms with E-state index in [1.807, 2.05) is 18.1 Å². The summed E-state index contributed by atoms with van der Waals surface area (Å²) in [4.78, 5) is 4.06. The normalized spacial score (nSPS) is 13.6. The molecule has 24 heavy (non-hydrogen) atoms. The minimum absolute atomic E-state index is 0.346. The average Bonchev–Trinajstić information content (AvgIpc) is 3.00. The molecular formula is C19H16Cl2N2Ru-. The van der Waals surface area contributed by atoms with Crippen LogP contribution in [0, 0.1) is 6.67 Å². The van der Waals surface area contributed by atoms with Crippen molar-refractivity contribution in [3.05, 3.63) is 79.2 Å². The molecule has 1 heterocycles. The fourth-order valence-corrected chi connectivity index (χ4v) is 2.99. The van der Waals surface area contributed by atoms with E-state index in [-0.39, 0.29) is 15.1 Å². The molecule has 0 N–H and O–H groups in total. The number of rotatable bonds is 2. The van der Waals surface area contributed by atoms with Gasteiger partial charge in [0.1, 0.15) is 0 Å². The third kappa shape index (κ3) is 3.86. The monoisotopic (exact) mass is 444 g/mol. The Hall–Kier alpha value is -1.28. The van der Waals surface area contributed by atoms with E-state index in [9.17, 15) is 0 Å². The summed E-state index contributed by atoms with van der Waals surface area (Å²) >= 11 is -0.346. The van der Waals surface area contributed by atoms with Crippen LogP contribution in [0.3, 0.4) is 0 Å². The first-order chi connectivity index (χ1) is 11.7. The SMILES string of the molecule is CN1[C-]N(Cc2c3ccccc3cc3ccccc23)C=C1.[Cl][Ru][Cl]. The molecule has 5 heteroatoms. The van der Waals surface area contributed by atoms with Gasteiger partial charge in [-0.2, -0.15) is 0 Å². The minimum atomic E-state index is -0.346. The molecule has 0 amide bonds. The fraction of sp³-hybridized carbons (Fsp3) is 0.105. The van der Waals surface area contributed by atoms with Gasteiger partial charge in [-0.05, 0) is 52.6 Å². The molecule has 0 aromatic heterocycles. The number of hydrogen-bond acceptors (Lipinski definition) is 2. The van der Waals surface area contributed by atoms with Crippen molar-refractivity contribution in [1.82, 2.24) is 9.80 Å². The Kier molecular flexibility index (Phi) is 6.00.